The molecule has 0 aliphatic rings. The van der Waals surface area contributed by atoms with Crippen LogP contribution >= 0.6 is 0 Å². The number of benzene rings is 6. The summed E-state index contributed by atoms with van der Waals surface area (Å²) in [7, 11) is 2.11. The second-order valence-corrected chi connectivity index (χ2v) is 10.7. The van der Waals surface area contributed by atoms with Gasteiger partial charge in [-0.1, -0.05) is 133 Å². The second-order valence-electron chi connectivity index (χ2n) is 10.7. The molecule has 6 aromatic carbocycles. The van der Waals surface area contributed by atoms with Gasteiger partial charge in [0.15, 0.2) is 0 Å². The zero-order valence-corrected chi connectivity index (χ0v) is 25.2. The Labute approximate surface area is 261 Å². The van der Waals surface area contributed by atoms with Crippen LogP contribution in [0.25, 0.3) is 28.0 Å². The van der Waals surface area contributed by atoms with E-state index in [1.54, 1.807) is 0 Å². The number of likely N-dealkylation sites (N-methyl/N-ethyl adjacent to an activating group) is 1. The van der Waals surface area contributed by atoms with Gasteiger partial charge in [0, 0.05) is 35.2 Å². The maximum atomic E-state index is 2.34. The molecular formula is C42H36N2. The van der Waals surface area contributed by atoms with Crippen molar-refractivity contribution in [3.05, 3.63) is 187 Å². The van der Waals surface area contributed by atoms with Crippen molar-refractivity contribution in [1.29, 1.82) is 0 Å². The van der Waals surface area contributed by atoms with Crippen LogP contribution in [-0.2, 0) is 0 Å². The van der Waals surface area contributed by atoms with Gasteiger partial charge in [-0.25, -0.2) is 0 Å². The van der Waals surface area contributed by atoms with E-state index >= 15 is 0 Å². The van der Waals surface area contributed by atoms with Gasteiger partial charge in [-0.3, -0.25) is 0 Å². The summed E-state index contributed by atoms with van der Waals surface area (Å²) < 4.78 is 0. The number of hydrogen-bond acceptors (Lipinski definition) is 2. The fraction of sp³-hybridized carbons (Fsp3) is 0.0476. The topological polar surface area (TPSA) is 6.48 Å². The van der Waals surface area contributed by atoms with Gasteiger partial charge in [-0.2, -0.15) is 0 Å². The monoisotopic (exact) mass is 568 g/mol. The fourth-order valence-corrected chi connectivity index (χ4v) is 5.52. The highest BCUT2D eigenvalue weighted by molar-refractivity contribution is 5.99. The molecule has 0 aliphatic carbocycles. The third-order valence-corrected chi connectivity index (χ3v) is 7.88. The van der Waals surface area contributed by atoms with Crippen LogP contribution in [0.4, 0.5) is 22.7 Å². The molecule has 0 radical (unpaired) electrons. The van der Waals surface area contributed by atoms with Gasteiger partial charge < -0.3 is 9.80 Å². The van der Waals surface area contributed by atoms with E-state index in [1.807, 2.05) is 6.07 Å². The van der Waals surface area contributed by atoms with Gasteiger partial charge in [0.05, 0.1) is 5.69 Å². The molecule has 6 rings (SSSR count). The predicted molar refractivity (Wildman–Crippen MR) is 191 cm³/mol. The Kier molecular flexibility index (Phi) is 8.80. The standard InChI is InChI=1S/C42H36N2/c1-3-37(20-12-10-17-33-15-6-4-7-16-33)43(2)38-29-25-34(26-30-38)35-27-31-40(32-28-35)44(39-21-8-5-9-22-39)42-24-14-19-36-18-11-13-23-41(36)42/h3-32H,1-2H3/b17-10+,20-12-,37-3+. The molecule has 0 fully saturated rings. The van der Waals surface area contributed by atoms with Crippen molar-refractivity contribution in [3.63, 3.8) is 0 Å². The van der Waals surface area contributed by atoms with Crippen molar-refractivity contribution in [1.82, 2.24) is 0 Å². The first kappa shape index (κ1) is 28.5. The maximum absolute atomic E-state index is 2.34. The minimum atomic E-state index is 1.12. The lowest BCUT2D eigenvalue weighted by atomic mass is 10.0. The molecule has 0 aromatic heterocycles. The Morgan fingerprint density at radius 1 is 0.523 bits per heavy atom. The van der Waals surface area contributed by atoms with E-state index in [1.165, 1.54) is 33.2 Å². The first-order chi connectivity index (χ1) is 21.7. The fourth-order valence-electron chi connectivity index (χ4n) is 5.52. The summed E-state index contributed by atoms with van der Waals surface area (Å²) in [6.07, 6.45) is 10.6. The molecule has 214 valence electrons. The van der Waals surface area contributed by atoms with Crippen LogP contribution < -0.4 is 9.80 Å². The van der Waals surface area contributed by atoms with Gasteiger partial charge in [0.1, 0.15) is 0 Å². The molecule has 6 aromatic rings. The lowest BCUT2D eigenvalue weighted by molar-refractivity contribution is 1.13. The molecule has 0 unspecified atom stereocenters. The lowest BCUT2D eigenvalue weighted by Crippen LogP contribution is -2.14. The first-order valence-corrected chi connectivity index (χ1v) is 15.0. The quantitative estimate of drug-likeness (QED) is 0.160. The normalized spacial score (nSPS) is 11.8. The van der Waals surface area contributed by atoms with E-state index in [2.05, 4.69) is 200 Å². The van der Waals surface area contributed by atoms with Gasteiger partial charge >= 0.3 is 0 Å². The summed E-state index contributed by atoms with van der Waals surface area (Å²) >= 11 is 0. The molecule has 0 saturated carbocycles. The zero-order valence-electron chi connectivity index (χ0n) is 25.2. The van der Waals surface area contributed by atoms with Crippen molar-refractivity contribution in [3.8, 4) is 11.1 Å². The molecule has 0 aliphatic heterocycles. The van der Waals surface area contributed by atoms with Crippen LogP contribution in [0, 0.1) is 0 Å². The van der Waals surface area contributed by atoms with Crippen molar-refractivity contribution < 1.29 is 0 Å². The van der Waals surface area contributed by atoms with E-state index in [-0.39, 0.29) is 0 Å². The molecule has 0 bridgehead atoms. The molecule has 0 spiro atoms. The SMILES string of the molecule is C\C=C(/C=C\C=C\c1ccccc1)N(C)c1ccc(-c2ccc(N(c3ccccc3)c3cccc4ccccc34)cc2)cc1. The van der Waals surface area contributed by atoms with Crippen molar-refractivity contribution in [2.24, 2.45) is 0 Å². The third-order valence-electron chi connectivity index (χ3n) is 7.88. The van der Waals surface area contributed by atoms with Crippen LogP contribution in [0.5, 0.6) is 0 Å². The van der Waals surface area contributed by atoms with Crippen LogP contribution in [-0.4, -0.2) is 7.05 Å². The minimum absolute atomic E-state index is 1.12. The highest BCUT2D eigenvalue weighted by Crippen LogP contribution is 2.39. The van der Waals surface area contributed by atoms with Gasteiger partial charge in [-0.15, -0.1) is 0 Å². The Hall–Kier alpha value is -5.60. The van der Waals surface area contributed by atoms with Gasteiger partial charge in [0.25, 0.3) is 0 Å². The molecule has 0 saturated heterocycles. The number of anilines is 4. The summed E-state index contributed by atoms with van der Waals surface area (Å²) in [4.78, 5) is 4.55. The summed E-state index contributed by atoms with van der Waals surface area (Å²) in [5.74, 6) is 0. The van der Waals surface area contributed by atoms with E-state index in [4.69, 9.17) is 0 Å². The highest BCUT2D eigenvalue weighted by atomic mass is 15.1. The van der Waals surface area contributed by atoms with Crippen LogP contribution in [0.3, 0.4) is 0 Å². The van der Waals surface area contributed by atoms with Crippen LogP contribution in [0.2, 0.25) is 0 Å². The zero-order chi connectivity index (χ0) is 30.1. The smallest absolute Gasteiger partial charge is 0.0540 e. The predicted octanol–water partition coefficient (Wildman–Crippen LogP) is 11.6. The van der Waals surface area contributed by atoms with Crippen LogP contribution in [0.15, 0.2) is 182 Å². The summed E-state index contributed by atoms with van der Waals surface area (Å²) in [6.45, 7) is 2.07. The minimum Gasteiger partial charge on any atom is -0.345 e. The van der Waals surface area contributed by atoms with E-state index in [0.29, 0.717) is 0 Å². The molecular weight excluding hydrogens is 532 g/mol. The van der Waals surface area contributed by atoms with Crippen molar-refractivity contribution >= 4 is 39.6 Å². The van der Waals surface area contributed by atoms with Gasteiger partial charge in [-0.05, 0) is 77.5 Å². The highest BCUT2D eigenvalue weighted by Gasteiger charge is 2.15. The molecule has 44 heavy (non-hydrogen) atoms. The van der Waals surface area contributed by atoms with E-state index in [9.17, 15) is 0 Å². The number of hydrogen-bond donors (Lipinski definition) is 0. The average molecular weight is 569 g/mol. The number of allylic oxidation sites excluding steroid dienone is 4. The maximum Gasteiger partial charge on any atom is 0.0540 e. The Balaban J connectivity index is 1.22. The number of fused-ring (bicyclic) bond motifs is 1. The van der Waals surface area contributed by atoms with E-state index < -0.39 is 0 Å². The average Bonchev–Trinajstić information content (AvgIpc) is 3.10. The summed E-state index contributed by atoms with van der Waals surface area (Å²) in [5, 5.41) is 2.46. The number of para-hydroxylation sites is 1. The second kappa shape index (κ2) is 13.6. The van der Waals surface area contributed by atoms with Crippen LogP contribution in [0.1, 0.15) is 12.5 Å². The Morgan fingerprint density at radius 2 is 1.09 bits per heavy atom. The molecule has 0 heterocycles. The Bertz CT molecular complexity index is 1890. The molecule has 2 heteroatoms. The molecule has 0 amide bonds. The van der Waals surface area contributed by atoms with Crippen molar-refractivity contribution in [2.75, 3.05) is 16.8 Å². The Morgan fingerprint density at radius 3 is 1.77 bits per heavy atom. The van der Waals surface area contributed by atoms with Gasteiger partial charge in [0.2, 0.25) is 0 Å². The molecule has 0 N–H and O–H groups in total. The van der Waals surface area contributed by atoms with Crippen molar-refractivity contribution in [2.45, 2.75) is 6.92 Å². The molecule has 0 atom stereocenters. The summed E-state index contributed by atoms with van der Waals surface area (Å²) in [6, 6.07) is 53.7. The number of rotatable bonds is 9. The summed E-state index contributed by atoms with van der Waals surface area (Å²) in [5.41, 5.74) is 9.26. The molecule has 2 nitrogen and oxygen atoms in total. The first-order valence-electron chi connectivity index (χ1n) is 15.0. The largest absolute Gasteiger partial charge is 0.345 e. The third kappa shape index (κ3) is 6.40. The van der Waals surface area contributed by atoms with E-state index in [0.717, 1.165) is 22.8 Å². The number of nitrogens with zero attached hydrogens (tertiary/aromatic N) is 2. The lowest BCUT2D eigenvalue weighted by Gasteiger charge is -2.27.